The molecule has 1 aromatic heterocycles. The molecule has 0 spiro atoms. The molecule has 0 bridgehead atoms. The van der Waals surface area contributed by atoms with E-state index in [-0.39, 0.29) is 5.91 Å². The number of rotatable bonds is 1. The van der Waals surface area contributed by atoms with E-state index in [0.717, 1.165) is 28.4 Å². The number of nitrogens with one attached hydrogen (secondary N) is 1. The van der Waals surface area contributed by atoms with Crippen LogP contribution in [0.25, 0.3) is 0 Å². The second-order valence-corrected chi connectivity index (χ2v) is 4.76. The van der Waals surface area contributed by atoms with Gasteiger partial charge in [-0.25, -0.2) is 0 Å². The smallest absolute Gasteiger partial charge is 0.261 e. The summed E-state index contributed by atoms with van der Waals surface area (Å²) < 4.78 is 0. The Balaban J connectivity index is 2.00. The second-order valence-electron chi connectivity index (χ2n) is 4.35. The van der Waals surface area contributed by atoms with E-state index < -0.39 is 0 Å². The number of hydrogen-bond donors (Lipinski definition) is 1. The summed E-state index contributed by atoms with van der Waals surface area (Å²) in [5, 5.41) is 7.40. The predicted molar refractivity (Wildman–Crippen MR) is 70.2 cm³/mol. The van der Waals surface area contributed by atoms with Crippen LogP contribution in [0.15, 0.2) is 24.4 Å². The molecule has 3 rings (SSSR count). The molecule has 0 radical (unpaired) electrons. The Morgan fingerprint density at radius 1 is 1.50 bits per heavy atom. The van der Waals surface area contributed by atoms with E-state index in [1.54, 1.807) is 11.1 Å². The molecule has 0 unspecified atom stereocenters. The number of amides is 1. The zero-order valence-electron chi connectivity index (χ0n) is 9.90. The average molecular weight is 262 g/mol. The highest BCUT2D eigenvalue weighted by atomic mass is 35.5. The van der Waals surface area contributed by atoms with Gasteiger partial charge in [0.05, 0.1) is 11.8 Å². The number of aromatic amines is 1. The molecule has 2 aromatic rings. The number of H-pyrrole nitrogens is 1. The maximum Gasteiger partial charge on any atom is 0.261 e. The molecule has 18 heavy (non-hydrogen) atoms. The first-order chi connectivity index (χ1) is 8.68. The molecule has 4 nitrogen and oxygen atoms in total. The summed E-state index contributed by atoms with van der Waals surface area (Å²) in [4.78, 5) is 14.2. The number of hydrogen-bond acceptors (Lipinski definition) is 2. The van der Waals surface area contributed by atoms with Crippen LogP contribution in [0.3, 0.4) is 0 Å². The highest BCUT2D eigenvalue weighted by Gasteiger charge is 2.28. The summed E-state index contributed by atoms with van der Waals surface area (Å²) in [6.07, 6.45) is 2.37. The van der Waals surface area contributed by atoms with Crippen LogP contribution in [0.5, 0.6) is 0 Å². The fraction of sp³-hybridized carbons (Fsp3) is 0.231. The van der Waals surface area contributed by atoms with Crippen molar-refractivity contribution in [3.05, 3.63) is 46.2 Å². The molecule has 0 aliphatic carbocycles. The van der Waals surface area contributed by atoms with Gasteiger partial charge < -0.3 is 4.90 Å². The van der Waals surface area contributed by atoms with Gasteiger partial charge in [-0.2, -0.15) is 5.10 Å². The SMILES string of the molecule is Cc1[nH]ncc1C(=O)N1CCc2c(Cl)cccc21. The molecule has 5 heteroatoms. The Morgan fingerprint density at radius 3 is 3.06 bits per heavy atom. The summed E-state index contributed by atoms with van der Waals surface area (Å²) in [7, 11) is 0. The van der Waals surface area contributed by atoms with Crippen molar-refractivity contribution in [1.29, 1.82) is 0 Å². The Labute approximate surface area is 110 Å². The number of nitrogens with zero attached hydrogens (tertiary/aromatic N) is 2. The van der Waals surface area contributed by atoms with Crippen LogP contribution in [0, 0.1) is 6.92 Å². The Hall–Kier alpha value is -1.81. The highest BCUT2D eigenvalue weighted by Crippen LogP contribution is 2.34. The van der Waals surface area contributed by atoms with Gasteiger partial charge in [-0.3, -0.25) is 9.89 Å². The lowest BCUT2D eigenvalue weighted by Crippen LogP contribution is -2.29. The summed E-state index contributed by atoms with van der Waals surface area (Å²) >= 11 is 6.14. The molecule has 1 aromatic carbocycles. The van der Waals surface area contributed by atoms with Crippen molar-refractivity contribution in [1.82, 2.24) is 10.2 Å². The van der Waals surface area contributed by atoms with E-state index in [4.69, 9.17) is 11.6 Å². The largest absolute Gasteiger partial charge is 0.308 e. The van der Waals surface area contributed by atoms with Gasteiger partial charge in [0.1, 0.15) is 0 Å². The van der Waals surface area contributed by atoms with Crippen molar-refractivity contribution >= 4 is 23.2 Å². The van der Waals surface area contributed by atoms with Crippen molar-refractivity contribution in [3.63, 3.8) is 0 Å². The van der Waals surface area contributed by atoms with Crippen molar-refractivity contribution in [2.24, 2.45) is 0 Å². The second kappa shape index (κ2) is 4.14. The van der Waals surface area contributed by atoms with Crippen molar-refractivity contribution in [2.75, 3.05) is 11.4 Å². The number of carbonyl (C=O) groups is 1. The first kappa shape index (κ1) is 11.3. The van der Waals surface area contributed by atoms with Crippen LogP contribution < -0.4 is 4.90 Å². The summed E-state index contributed by atoms with van der Waals surface area (Å²) in [5.41, 5.74) is 3.36. The third kappa shape index (κ3) is 1.61. The molecule has 1 amide bonds. The molecular weight excluding hydrogens is 250 g/mol. The minimum Gasteiger partial charge on any atom is -0.308 e. The van der Waals surface area contributed by atoms with Gasteiger partial charge in [0, 0.05) is 22.9 Å². The first-order valence-corrected chi connectivity index (χ1v) is 6.15. The summed E-state index contributed by atoms with van der Waals surface area (Å²) in [6, 6.07) is 5.66. The topological polar surface area (TPSA) is 49.0 Å². The number of halogens is 1. The van der Waals surface area contributed by atoms with E-state index in [1.807, 2.05) is 25.1 Å². The van der Waals surface area contributed by atoms with Crippen LogP contribution in [0.2, 0.25) is 5.02 Å². The third-order valence-electron chi connectivity index (χ3n) is 3.28. The summed E-state index contributed by atoms with van der Waals surface area (Å²) in [5.74, 6) is -0.0257. The third-order valence-corrected chi connectivity index (χ3v) is 3.63. The number of carbonyl (C=O) groups excluding carboxylic acids is 1. The highest BCUT2D eigenvalue weighted by molar-refractivity contribution is 6.32. The number of fused-ring (bicyclic) bond motifs is 1. The molecular formula is C13H12ClN3O. The number of anilines is 1. The molecule has 1 aliphatic heterocycles. The zero-order valence-corrected chi connectivity index (χ0v) is 10.7. The van der Waals surface area contributed by atoms with E-state index in [1.165, 1.54) is 0 Å². The Kier molecular flexibility index (Phi) is 2.59. The standard InChI is InChI=1S/C13H12ClN3O/c1-8-10(7-15-16-8)13(18)17-6-5-9-11(14)3-2-4-12(9)17/h2-4,7H,5-6H2,1H3,(H,15,16). The molecule has 1 N–H and O–H groups in total. The van der Waals surface area contributed by atoms with E-state index in [2.05, 4.69) is 10.2 Å². The zero-order chi connectivity index (χ0) is 12.7. The average Bonchev–Trinajstić information content (AvgIpc) is 2.95. The van der Waals surface area contributed by atoms with Crippen LogP contribution in [-0.2, 0) is 6.42 Å². The first-order valence-electron chi connectivity index (χ1n) is 5.77. The molecule has 0 atom stereocenters. The van der Waals surface area contributed by atoms with Gasteiger partial charge in [-0.05, 0) is 31.0 Å². The van der Waals surface area contributed by atoms with Gasteiger partial charge >= 0.3 is 0 Å². The van der Waals surface area contributed by atoms with Gasteiger partial charge in [-0.15, -0.1) is 0 Å². The lowest BCUT2D eigenvalue weighted by molar-refractivity contribution is 0.0989. The fourth-order valence-electron chi connectivity index (χ4n) is 2.31. The van der Waals surface area contributed by atoms with E-state index in [0.29, 0.717) is 12.1 Å². The fourth-order valence-corrected chi connectivity index (χ4v) is 2.58. The maximum atomic E-state index is 12.4. The number of aryl methyl sites for hydroxylation is 1. The van der Waals surface area contributed by atoms with Gasteiger partial charge in [-0.1, -0.05) is 17.7 Å². The monoisotopic (exact) mass is 261 g/mol. The minimum atomic E-state index is -0.0257. The number of aromatic nitrogens is 2. The minimum absolute atomic E-state index is 0.0257. The van der Waals surface area contributed by atoms with Crippen LogP contribution in [0.1, 0.15) is 21.6 Å². The van der Waals surface area contributed by atoms with Crippen LogP contribution >= 0.6 is 11.6 Å². The molecule has 0 saturated carbocycles. The lowest BCUT2D eigenvalue weighted by atomic mass is 10.1. The molecule has 2 heterocycles. The Morgan fingerprint density at radius 2 is 2.33 bits per heavy atom. The predicted octanol–water partition coefficient (Wildman–Crippen LogP) is 2.57. The normalized spacial score (nSPS) is 13.8. The number of benzene rings is 1. The molecule has 92 valence electrons. The molecule has 0 fully saturated rings. The van der Waals surface area contributed by atoms with E-state index >= 15 is 0 Å². The molecule has 0 saturated heterocycles. The van der Waals surface area contributed by atoms with E-state index in [9.17, 15) is 4.79 Å². The van der Waals surface area contributed by atoms with Gasteiger partial charge in [0.2, 0.25) is 0 Å². The van der Waals surface area contributed by atoms with Crippen molar-refractivity contribution < 1.29 is 4.79 Å². The van der Waals surface area contributed by atoms with Gasteiger partial charge in [0.25, 0.3) is 5.91 Å². The van der Waals surface area contributed by atoms with Crippen LogP contribution in [0.4, 0.5) is 5.69 Å². The Bertz CT molecular complexity index is 620. The maximum absolute atomic E-state index is 12.4. The van der Waals surface area contributed by atoms with Gasteiger partial charge in [0.15, 0.2) is 0 Å². The van der Waals surface area contributed by atoms with Crippen molar-refractivity contribution in [3.8, 4) is 0 Å². The summed E-state index contributed by atoms with van der Waals surface area (Å²) in [6.45, 7) is 2.51. The molecule has 1 aliphatic rings. The van der Waals surface area contributed by atoms with Crippen LogP contribution in [-0.4, -0.2) is 22.6 Å². The van der Waals surface area contributed by atoms with Crippen molar-refractivity contribution in [2.45, 2.75) is 13.3 Å². The lowest BCUT2D eigenvalue weighted by Gasteiger charge is -2.16. The quantitative estimate of drug-likeness (QED) is 0.858.